The molecule has 0 saturated carbocycles. The van der Waals surface area contributed by atoms with Crippen molar-refractivity contribution in [1.82, 2.24) is 25.3 Å². The van der Waals surface area contributed by atoms with Crippen LogP contribution in [0.15, 0.2) is 42.7 Å². The van der Waals surface area contributed by atoms with Crippen LogP contribution in [-0.4, -0.2) is 63.7 Å². The number of anilines is 1. The molecule has 1 fully saturated rings. The van der Waals surface area contributed by atoms with Gasteiger partial charge in [-0.05, 0) is 30.3 Å². The second kappa shape index (κ2) is 10.3. The van der Waals surface area contributed by atoms with E-state index in [1.165, 1.54) is 28.8 Å². The molecule has 3 heterocycles. The summed E-state index contributed by atoms with van der Waals surface area (Å²) < 4.78 is 26.5. The lowest BCUT2D eigenvalue weighted by atomic mass is 10.1. The number of hydrogen-bond donors (Lipinski definition) is 2. The Morgan fingerprint density at radius 2 is 2.14 bits per heavy atom. The molecule has 4 rings (SSSR count). The average Bonchev–Trinajstić information content (AvgIpc) is 3.48. The highest BCUT2D eigenvalue weighted by atomic mass is 19.1. The Morgan fingerprint density at radius 1 is 1.31 bits per heavy atom. The second-order valence-electron chi connectivity index (χ2n) is 7.69. The normalized spacial score (nSPS) is 15.1. The molecule has 4 N–H and O–H groups in total. The first-order valence-corrected chi connectivity index (χ1v) is 10.7. The molecule has 12 nitrogen and oxygen atoms in total. The molecule has 2 amide bonds. The topological polar surface area (TPSA) is 156 Å². The second-order valence-corrected chi connectivity index (χ2v) is 7.69. The fraction of sp³-hybridized carbons (Fsp3) is 0.273. The first-order valence-electron chi connectivity index (χ1n) is 10.7. The molecule has 0 aliphatic carbocycles. The Balaban J connectivity index is 1.44. The number of aromatic nitrogens is 4. The van der Waals surface area contributed by atoms with E-state index in [1.54, 1.807) is 30.5 Å². The lowest BCUT2D eigenvalue weighted by molar-refractivity contribution is -0.360. The molecule has 35 heavy (non-hydrogen) atoms. The number of amides is 2. The van der Waals surface area contributed by atoms with Crippen LogP contribution < -0.4 is 16.0 Å². The number of quaternary nitrogens is 1. The van der Waals surface area contributed by atoms with Crippen LogP contribution in [0, 0.1) is 5.82 Å². The van der Waals surface area contributed by atoms with Crippen molar-refractivity contribution < 1.29 is 34.0 Å². The van der Waals surface area contributed by atoms with Gasteiger partial charge in [0.2, 0.25) is 5.91 Å². The third kappa shape index (κ3) is 5.58. The van der Waals surface area contributed by atoms with Crippen LogP contribution in [0.5, 0.6) is 0 Å². The monoisotopic (exact) mass is 484 g/mol. The number of carbonyl (C=O) groups is 3. The number of cyclic esters (lactones) is 1. The highest BCUT2D eigenvalue weighted by Crippen LogP contribution is 2.29. The van der Waals surface area contributed by atoms with Gasteiger partial charge >= 0.3 is 12.1 Å². The Kier molecular flexibility index (Phi) is 6.96. The van der Waals surface area contributed by atoms with Crippen molar-refractivity contribution in [2.75, 3.05) is 24.5 Å². The van der Waals surface area contributed by atoms with Crippen LogP contribution in [0.1, 0.15) is 12.6 Å². The molecule has 1 aliphatic heterocycles. The van der Waals surface area contributed by atoms with E-state index in [1.807, 2.05) is 0 Å². The van der Waals surface area contributed by atoms with Crippen LogP contribution >= 0.6 is 0 Å². The van der Waals surface area contributed by atoms with E-state index < -0.39 is 24.0 Å². The van der Waals surface area contributed by atoms with Gasteiger partial charge in [0.1, 0.15) is 24.2 Å². The molecule has 0 spiro atoms. The summed E-state index contributed by atoms with van der Waals surface area (Å²) in [5.74, 6) is -0.765. The minimum Gasteiger partial charge on any atom is -0.455 e. The van der Waals surface area contributed by atoms with Crippen molar-refractivity contribution in [3.8, 4) is 16.9 Å². The zero-order chi connectivity index (χ0) is 24.9. The maximum absolute atomic E-state index is 14.9. The summed E-state index contributed by atoms with van der Waals surface area (Å²) in [6.07, 6.45) is 1.94. The summed E-state index contributed by atoms with van der Waals surface area (Å²) in [6.45, 7) is 1.75. The van der Waals surface area contributed by atoms with Gasteiger partial charge in [-0.1, -0.05) is 5.21 Å². The van der Waals surface area contributed by atoms with Gasteiger partial charge in [0.25, 0.3) is 0 Å². The van der Waals surface area contributed by atoms with E-state index in [0.29, 0.717) is 28.3 Å². The molecular formula is C22H23FN7O5+. The number of carbonyl (C=O) groups excluding carboxylic acids is 3. The number of pyridine rings is 1. The van der Waals surface area contributed by atoms with Crippen LogP contribution in [-0.2, 0) is 25.7 Å². The maximum Gasteiger partial charge on any atom is 0.414 e. The zero-order valence-corrected chi connectivity index (χ0v) is 18.8. The number of benzene rings is 1. The molecule has 1 aliphatic rings. The highest BCUT2D eigenvalue weighted by Gasteiger charge is 2.32. The highest BCUT2D eigenvalue weighted by molar-refractivity contribution is 5.90. The number of esters is 1. The molecule has 0 radical (unpaired) electrons. The van der Waals surface area contributed by atoms with Crippen LogP contribution in [0.3, 0.4) is 0 Å². The molecule has 0 unspecified atom stereocenters. The molecule has 182 valence electrons. The van der Waals surface area contributed by atoms with E-state index in [-0.39, 0.29) is 32.1 Å². The average molecular weight is 484 g/mol. The molecule has 2 aromatic heterocycles. The van der Waals surface area contributed by atoms with E-state index >= 15 is 0 Å². The lowest BCUT2D eigenvalue weighted by Gasteiger charge is -2.14. The largest absolute Gasteiger partial charge is 0.455 e. The van der Waals surface area contributed by atoms with Gasteiger partial charge < -0.3 is 20.5 Å². The Bertz CT molecular complexity index is 1250. The Morgan fingerprint density at radius 3 is 2.83 bits per heavy atom. The van der Waals surface area contributed by atoms with E-state index in [2.05, 4.69) is 26.3 Å². The molecule has 1 aromatic carbocycles. The Hall–Kier alpha value is -4.39. The summed E-state index contributed by atoms with van der Waals surface area (Å²) in [6, 6.07) is 7.75. The molecular weight excluding hydrogens is 461 g/mol. The maximum atomic E-state index is 14.9. The number of nitrogens with zero attached hydrogens (tertiary/aromatic N) is 5. The fourth-order valence-electron chi connectivity index (χ4n) is 3.39. The predicted octanol–water partition coefficient (Wildman–Crippen LogP) is 0.215. The number of rotatable bonds is 8. The quantitative estimate of drug-likeness (QED) is 0.430. The van der Waals surface area contributed by atoms with Gasteiger partial charge in [0.05, 0.1) is 25.0 Å². The fourth-order valence-corrected chi connectivity index (χ4v) is 3.39. The van der Waals surface area contributed by atoms with E-state index in [9.17, 15) is 18.8 Å². The summed E-state index contributed by atoms with van der Waals surface area (Å²) in [7, 11) is 0. The van der Waals surface area contributed by atoms with E-state index in [4.69, 9.17) is 9.47 Å². The molecule has 1 saturated heterocycles. The third-order valence-electron chi connectivity index (χ3n) is 5.14. The SMILES string of the molecule is CC(=O)NC[C@H]1CN(c2ccc(-c3ccc(-n4cc(COC(=O)C[NH3+])nn4)nc3)c(F)c2)C(=O)O1. The number of hydrogen-bond acceptors (Lipinski definition) is 8. The van der Waals surface area contributed by atoms with Crippen LogP contribution in [0.4, 0.5) is 14.9 Å². The summed E-state index contributed by atoms with van der Waals surface area (Å²) in [5, 5.41) is 10.5. The number of halogens is 1. The van der Waals surface area contributed by atoms with Gasteiger partial charge in [-0.15, -0.1) is 5.10 Å². The van der Waals surface area contributed by atoms with Crippen molar-refractivity contribution >= 4 is 23.7 Å². The molecule has 13 heteroatoms. The van der Waals surface area contributed by atoms with Crippen molar-refractivity contribution in [3.05, 3.63) is 54.2 Å². The molecule has 3 aromatic rings. The van der Waals surface area contributed by atoms with Crippen LogP contribution in [0.2, 0.25) is 0 Å². The standard InChI is InChI=1S/C22H22FN7O5/c1-13(31)25-9-17-11-29(22(33)35-17)16-3-4-18(19(23)6-16)14-2-5-20(26-8-14)30-10-15(27-28-30)12-34-21(32)7-24/h2-6,8,10,17H,7,9,11-12,24H2,1H3,(H,25,31)/p+1/t17-/m0/s1. The summed E-state index contributed by atoms with van der Waals surface area (Å²) in [5.41, 5.74) is 5.06. The van der Waals surface area contributed by atoms with Gasteiger partial charge in [0.15, 0.2) is 12.4 Å². The van der Waals surface area contributed by atoms with Gasteiger partial charge in [-0.3, -0.25) is 9.69 Å². The van der Waals surface area contributed by atoms with Crippen molar-refractivity contribution in [2.45, 2.75) is 19.6 Å². The molecule has 1 atom stereocenters. The van der Waals surface area contributed by atoms with Gasteiger partial charge in [-0.2, -0.15) is 0 Å². The molecule has 0 bridgehead atoms. The first kappa shape index (κ1) is 23.8. The minimum atomic E-state index is -0.605. The predicted molar refractivity (Wildman–Crippen MR) is 118 cm³/mol. The van der Waals surface area contributed by atoms with Crippen LogP contribution in [0.25, 0.3) is 16.9 Å². The van der Waals surface area contributed by atoms with Crippen molar-refractivity contribution in [2.24, 2.45) is 0 Å². The summed E-state index contributed by atoms with van der Waals surface area (Å²) in [4.78, 5) is 40.1. The van der Waals surface area contributed by atoms with Gasteiger partial charge in [0, 0.05) is 24.2 Å². The van der Waals surface area contributed by atoms with E-state index in [0.717, 1.165) is 0 Å². The minimum absolute atomic E-state index is 0.0237. The number of ether oxygens (including phenoxy) is 2. The first-order chi connectivity index (χ1) is 16.8. The smallest absolute Gasteiger partial charge is 0.414 e. The Labute approximate surface area is 198 Å². The van der Waals surface area contributed by atoms with Gasteiger partial charge in [-0.25, -0.2) is 23.6 Å². The van der Waals surface area contributed by atoms with Crippen molar-refractivity contribution in [3.63, 3.8) is 0 Å². The number of nitrogens with one attached hydrogen (secondary N) is 1. The van der Waals surface area contributed by atoms with Crippen molar-refractivity contribution in [1.29, 1.82) is 0 Å². The lowest BCUT2D eigenvalue weighted by Crippen LogP contribution is -2.54. The third-order valence-corrected chi connectivity index (χ3v) is 5.14. The summed E-state index contributed by atoms with van der Waals surface area (Å²) >= 11 is 0. The zero-order valence-electron chi connectivity index (χ0n) is 18.8.